The predicted molar refractivity (Wildman–Crippen MR) is 103 cm³/mol. The number of likely N-dealkylation sites (N-methyl/N-ethyl adjacent to an activating group) is 1. The first-order valence-electron chi connectivity index (χ1n) is 9.65. The fraction of sp³-hybridized carbons (Fsp3) is 0.478. The Bertz CT molecular complexity index is 571. The van der Waals surface area contributed by atoms with Crippen LogP contribution in [0.5, 0.6) is 0 Å². The minimum atomic E-state index is 0.386. The van der Waals surface area contributed by atoms with Crippen LogP contribution in [0.4, 0.5) is 0 Å². The third-order valence-corrected chi connectivity index (χ3v) is 5.71. The van der Waals surface area contributed by atoms with Gasteiger partial charge in [0, 0.05) is 12.0 Å². The first-order valence-corrected chi connectivity index (χ1v) is 9.65. The van der Waals surface area contributed by atoms with Gasteiger partial charge in [0.15, 0.2) is 0 Å². The zero-order chi connectivity index (χ0) is 16.6. The lowest BCUT2D eigenvalue weighted by Gasteiger charge is -2.30. The van der Waals surface area contributed by atoms with Crippen LogP contribution in [0.15, 0.2) is 60.7 Å². The van der Waals surface area contributed by atoms with Crippen LogP contribution in [0, 0.1) is 5.92 Å². The van der Waals surface area contributed by atoms with Gasteiger partial charge >= 0.3 is 0 Å². The first-order chi connectivity index (χ1) is 11.9. The van der Waals surface area contributed by atoms with Gasteiger partial charge in [0.05, 0.1) is 0 Å². The highest BCUT2D eigenvalue weighted by molar-refractivity contribution is 5.28. The second-order valence-corrected chi connectivity index (χ2v) is 7.28. The van der Waals surface area contributed by atoms with Gasteiger partial charge in [-0.25, -0.2) is 0 Å². The summed E-state index contributed by atoms with van der Waals surface area (Å²) in [6, 6.07) is 22.4. The van der Waals surface area contributed by atoms with E-state index in [0.29, 0.717) is 12.0 Å². The van der Waals surface area contributed by atoms with E-state index < -0.39 is 0 Å². The molecule has 0 spiro atoms. The second-order valence-electron chi connectivity index (χ2n) is 7.28. The summed E-state index contributed by atoms with van der Waals surface area (Å²) in [7, 11) is 2.11. The van der Waals surface area contributed by atoms with Gasteiger partial charge in [0.25, 0.3) is 0 Å². The third-order valence-electron chi connectivity index (χ3n) is 5.71. The van der Waals surface area contributed by atoms with Crippen LogP contribution in [-0.2, 0) is 0 Å². The minimum absolute atomic E-state index is 0.386. The molecule has 1 nitrogen and oxygen atoms in total. The van der Waals surface area contributed by atoms with Crippen LogP contribution in [0.3, 0.4) is 0 Å². The third kappa shape index (κ3) is 4.48. The lowest BCUT2D eigenvalue weighted by atomic mass is 9.79. The molecule has 0 amide bonds. The van der Waals surface area contributed by atoms with Gasteiger partial charge in [0.1, 0.15) is 0 Å². The highest BCUT2D eigenvalue weighted by Crippen LogP contribution is 2.37. The molecule has 0 saturated heterocycles. The molecule has 3 rings (SSSR count). The van der Waals surface area contributed by atoms with Crippen LogP contribution >= 0.6 is 0 Å². The summed E-state index contributed by atoms with van der Waals surface area (Å²) in [6.07, 6.45) is 9.85. The average Bonchev–Trinajstić information content (AvgIpc) is 2.67. The molecular formula is C23H31N. The molecule has 1 aliphatic rings. The summed E-state index contributed by atoms with van der Waals surface area (Å²) < 4.78 is 0. The Kier molecular flexibility index (Phi) is 6.48. The summed E-state index contributed by atoms with van der Waals surface area (Å²) in [4.78, 5) is 0. The molecule has 0 heterocycles. The standard InChI is InChI=1S/C23H31N/c1-24-23(21-15-9-4-10-16-21)22(20-13-7-3-8-14-20)18-17-19-11-5-2-6-12-19/h3-4,7-10,13-16,19,22-24H,2,5-6,11-12,17-18H2,1H3. The molecule has 2 aromatic rings. The Labute approximate surface area is 147 Å². The maximum atomic E-state index is 3.60. The molecule has 1 saturated carbocycles. The lowest BCUT2D eigenvalue weighted by Crippen LogP contribution is -2.24. The fourth-order valence-electron chi connectivity index (χ4n) is 4.38. The predicted octanol–water partition coefficient (Wildman–Crippen LogP) is 6.09. The van der Waals surface area contributed by atoms with E-state index >= 15 is 0 Å². The molecule has 1 heteroatoms. The Morgan fingerprint density at radius 3 is 2.00 bits per heavy atom. The van der Waals surface area contributed by atoms with Gasteiger partial charge in [-0.05, 0) is 36.9 Å². The molecular weight excluding hydrogens is 290 g/mol. The molecule has 2 aromatic carbocycles. The monoisotopic (exact) mass is 321 g/mol. The Morgan fingerprint density at radius 2 is 1.42 bits per heavy atom. The van der Waals surface area contributed by atoms with E-state index in [-0.39, 0.29) is 0 Å². The summed E-state index contributed by atoms with van der Waals surface area (Å²) in [6.45, 7) is 0. The topological polar surface area (TPSA) is 12.0 Å². The zero-order valence-corrected chi connectivity index (χ0v) is 15.0. The van der Waals surface area contributed by atoms with Crippen LogP contribution in [0.1, 0.15) is 68.0 Å². The summed E-state index contributed by atoms with van der Waals surface area (Å²) >= 11 is 0. The van der Waals surface area contributed by atoms with E-state index in [0.717, 1.165) is 5.92 Å². The number of nitrogens with one attached hydrogen (secondary N) is 1. The molecule has 2 atom stereocenters. The van der Waals surface area contributed by atoms with E-state index in [1.807, 2.05) is 0 Å². The number of benzene rings is 2. The maximum absolute atomic E-state index is 3.60. The van der Waals surface area contributed by atoms with Crippen molar-refractivity contribution in [3.63, 3.8) is 0 Å². The van der Waals surface area contributed by atoms with Gasteiger partial charge in [-0.15, -0.1) is 0 Å². The molecule has 128 valence electrons. The van der Waals surface area contributed by atoms with E-state index in [9.17, 15) is 0 Å². The van der Waals surface area contributed by atoms with Crippen LogP contribution in [-0.4, -0.2) is 7.05 Å². The molecule has 0 bridgehead atoms. The fourth-order valence-corrected chi connectivity index (χ4v) is 4.38. The number of hydrogen-bond donors (Lipinski definition) is 1. The quantitative estimate of drug-likeness (QED) is 0.650. The maximum Gasteiger partial charge on any atom is 0.0387 e. The molecule has 24 heavy (non-hydrogen) atoms. The molecule has 1 N–H and O–H groups in total. The molecule has 0 aliphatic heterocycles. The minimum Gasteiger partial charge on any atom is -0.312 e. The number of hydrogen-bond acceptors (Lipinski definition) is 1. The smallest absolute Gasteiger partial charge is 0.0387 e. The van der Waals surface area contributed by atoms with Gasteiger partial charge in [-0.2, -0.15) is 0 Å². The number of rotatable bonds is 7. The Morgan fingerprint density at radius 1 is 0.833 bits per heavy atom. The van der Waals surface area contributed by atoms with Crippen LogP contribution in [0.25, 0.3) is 0 Å². The van der Waals surface area contributed by atoms with Crippen molar-refractivity contribution >= 4 is 0 Å². The SMILES string of the molecule is CNC(c1ccccc1)C(CCC1CCCCC1)c1ccccc1. The van der Waals surface area contributed by atoms with Crippen molar-refractivity contribution < 1.29 is 0 Å². The van der Waals surface area contributed by atoms with Gasteiger partial charge in [0.2, 0.25) is 0 Å². The summed E-state index contributed by atoms with van der Waals surface area (Å²) in [5.74, 6) is 1.48. The Hall–Kier alpha value is -1.60. The second kappa shape index (κ2) is 9.03. The molecule has 0 radical (unpaired) electrons. The molecule has 2 unspecified atom stereocenters. The van der Waals surface area contributed by atoms with Crippen LogP contribution < -0.4 is 5.32 Å². The lowest BCUT2D eigenvalue weighted by molar-refractivity contribution is 0.310. The van der Waals surface area contributed by atoms with Gasteiger partial charge in [-0.3, -0.25) is 0 Å². The van der Waals surface area contributed by atoms with Crippen molar-refractivity contribution in [2.75, 3.05) is 7.05 Å². The molecule has 1 fully saturated rings. The first kappa shape index (κ1) is 17.2. The van der Waals surface area contributed by atoms with Crippen molar-refractivity contribution in [3.05, 3.63) is 71.8 Å². The van der Waals surface area contributed by atoms with Crippen molar-refractivity contribution in [1.82, 2.24) is 5.32 Å². The van der Waals surface area contributed by atoms with E-state index in [4.69, 9.17) is 0 Å². The van der Waals surface area contributed by atoms with E-state index in [1.54, 1.807) is 0 Å². The summed E-state index contributed by atoms with van der Waals surface area (Å²) in [5, 5.41) is 3.60. The average molecular weight is 322 g/mol. The van der Waals surface area contributed by atoms with Crippen molar-refractivity contribution in [2.24, 2.45) is 5.92 Å². The van der Waals surface area contributed by atoms with Gasteiger partial charge < -0.3 is 5.32 Å². The molecule has 1 aliphatic carbocycles. The zero-order valence-electron chi connectivity index (χ0n) is 15.0. The van der Waals surface area contributed by atoms with Crippen molar-refractivity contribution in [3.8, 4) is 0 Å². The summed E-state index contributed by atoms with van der Waals surface area (Å²) in [5.41, 5.74) is 2.87. The Balaban J connectivity index is 1.78. The van der Waals surface area contributed by atoms with Crippen LogP contribution in [0.2, 0.25) is 0 Å². The highest BCUT2D eigenvalue weighted by atomic mass is 14.9. The normalized spacial score (nSPS) is 18.2. The van der Waals surface area contributed by atoms with E-state index in [2.05, 4.69) is 73.0 Å². The van der Waals surface area contributed by atoms with Crippen molar-refractivity contribution in [1.29, 1.82) is 0 Å². The van der Waals surface area contributed by atoms with Gasteiger partial charge in [-0.1, -0.05) is 92.8 Å². The highest BCUT2D eigenvalue weighted by Gasteiger charge is 2.25. The molecule has 0 aromatic heterocycles. The van der Waals surface area contributed by atoms with E-state index in [1.165, 1.54) is 56.1 Å². The largest absolute Gasteiger partial charge is 0.312 e. The van der Waals surface area contributed by atoms with Crippen molar-refractivity contribution in [2.45, 2.75) is 56.9 Å².